The van der Waals surface area contributed by atoms with Gasteiger partial charge in [0.2, 0.25) is 5.70 Å². The van der Waals surface area contributed by atoms with Crippen LogP contribution in [0.1, 0.15) is 55.6 Å². The van der Waals surface area contributed by atoms with Gasteiger partial charge < -0.3 is 0 Å². The van der Waals surface area contributed by atoms with Gasteiger partial charge in [-0.15, -0.1) is 0 Å². The van der Waals surface area contributed by atoms with E-state index in [4.69, 9.17) is 19.7 Å². The van der Waals surface area contributed by atoms with Gasteiger partial charge in [-0.1, -0.05) is 35.9 Å². The van der Waals surface area contributed by atoms with Gasteiger partial charge in [-0.25, -0.2) is 25.1 Å². The van der Waals surface area contributed by atoms with Gasteiger partial charge in [-0.05, 0) is 64.1 Å². The lowest BCUT2D eigenvalue weighted by Crippen LogP contribution is -2.08. The molecular weight excluding hydrogens is 601 g/mol. The minimum atomic E-state index is -4.98. The summed E-state index contributed by atoms with van der Waals surface area (Å²) in [7, 11) is 0. The van der Waals surface area contributed by atoms with E-state index in [0.29, 0.717) is 11.6 Å². The molecule has 47 heavy (non-hydrogen) atoms. The summed E-state index contributed by atoms with van der Waals surface area (Å²) in [4.78, 5) is 10.3. The van der Waals surface area contributed by atoms with E-state index in [1.165, 1.54) is 12.1 Å². The Labute approximate surface area is 266 Å². The summed E-state index contributed by atoms with van der Waals surface area (Å²) in [6.07, 6.45) is -4.98. The average Bonchev–Trinajstić information content (AvgIpc) is 3.57. The first-order valence-electron chi connectivity index (χ1n) is 13.2. The van der Waals surface area contributed by atoms with Crippen molar-refractivity contribution in [2.75, 3.05) is 0 Å². The second-order valence-electron chi connectivity index (χ2n) is 10.0. The molecule has 216 valence electrons. The van der Waals surface area contributed by atoms with Gasteiger partial charge in [0, 0.05) is 16.7 Å². The molecule has 5 rings (SSSR count). The highest BCUT2D eigenvalue weighted by atomic mass is 19.4. The summed E-state index contributed by atoms with van der Waals surface area (Å²) in [6, 6.07) is 19.9. The average molecular weight is 613 g/mol. The normalized spacial score (nSPS) is 15.0. The van der Waals surface area contributed by atoms with Crippen molar-refractivity contribution in [3.8, 4) is 30.3 Å². The summed E-state index contributed by atoms with van der Waals surface area (Å²) in [5, 5.41) is 50.3. The van der Waals surface area contributed by atoms with Crippen LogP contribution in [0.3, 0.4) is 0 Å². The van der Waals surface area contributed by atoms with E-state index in [0.717, 1.165) is 17.7 Å². The fourth-order valence-corrected chi connectivity index (χ4v) is 5.77. The van der Waals surface area contributed by atoms with Crippen LogP contribution in [0.15, 0.2) is 59.9 Å². The molecule has 0 amide bonds. The largest absolute Gasteiger partial charge is 0.417 e. The van der Waals surface area contributed by atoms with Crippen LogP contribution in [-0.4, -0.2) is 0 Å². The Hall–Kier alpha value is -7.67. The Balaban J connectivity index is 2.02. The summed E-state index contributed by atoms with van der Waals surface area (Å²) in [5.41, 5.74) is -3.09. The van der Waals surface area contributed by atoms with E-state index >= 15 is 0 Å². The summed E-state index contributed by atoms with van der Waals surface area (Å²) >= 11 is 0. The molecule has 11 heteroatoms. The van der Waals surface area contributed by atoms with Crippen LogP contribution in [0, 0.1) is 83.3 Å². The van der Waals surface area contributed by atoms with Crippen molar-refractivity contribution in [2.24, 2.45) is 0 Å². The van der Waals surface area contributed by atoms with Crippen molar-refractivity contribution in [1.82, 2.24) is 0 Å². The van der Waals surface area contributed by atoms with Gasteiger partial charge in [0.25, 0.3) is 11.4 Å². The molecule has 2 aliphatic carbocycles. The molecule has 0 radical (unpaired) electrons. The highest BCUT2D eigenvalue weighted by Crippen LogP contribution is 2.57. The maximum atomic E-state index is 14.0. The molecule has 0 spiro atoms. The smallest absolute Gasteiger partial charge is 0.237 e. The third kappa shape index (κ3) is 4.56. The molecule has 0 saturated carbocycles. The zero-order valence-electron chi connectivity index (χ0n) is 23.8. The molecule has 3 aromatic carbocycles. The molecule has 0 fully saturated rings. The zero-order chi connectivity index (χ0) is 34.2. The van der Waals surface area contributed by atoms with Crippen molar-refractivity contribution >= 4 is 33.6 Å². The van der Waals surface area contributed by atoms with Crippen LogP contribution in [0.25, 0.3) is 48.1 Å². The Morgan fingerprint density at radius 2 is 1.28 bits per heavy atom. The van der Waals surface area contributed by atoms with E-state index in [1.807, 2.05) is 25.1 Å². The van der Waals surface area contributed by atoms with Gasteiger partial charge in [-0.3, -0.25) is 0 Å². The predicted molar refractivity (Wildman–Crippen MR) is 163 cm³/mol. The summed E-state index contributed by atoms with van der Waals surface area (Å²) in [5.74, 6) is 0. The topological polar surface area (TPSA) is 132 Å². The molecule has 0 bridgehead atoms. The van der Waals surface area contributed by atoms with Crippen molar-refractivity contribution in [3.05, 3.63) is 150 Å². The maximum absolute atomic E-state index is 14.0. The molecule has 0 aromatic heterocycles. The lowest BCUT2D eigenvalue weighted by Gasteiger charge is -2.15. The minimum absolute atomic E-state index is 0.00583. The first-order chi connectivity index (χ1) is 22.5. The summed E-state index contributed by atoms with van der Waals surface area (Å²) in [6.45, 7) is 25.4. The summed E-state index contributed by atoms with van der Waals surface area (Å²) < 4.78 is 42.0. The maximum Gasteiger partial charge on any atom is 0.417 e. The molecule has 2 aliphatic rings. The molecule has 0 saturated heterocycles. The number of halogens is 3. The predicted octanol–water partition coefficient (Wildman–Crippen LogP) is 8.31. The Kier molecular flexibility index (Phi) is 7.49. The lowest BCUT2D eigenvalue weighted by molar-refractivity contribution is -0.137. The van der Waals surface area contributed by atoms with Crippen molar-refractivity contribution in [2.45, 2.75) is 13.1 Å². The standard InChI is InChI=1S/C36H11F3N8/c1-18-5-7-19(8-6-18)30-34(28(17-44)46-3)23-12-22-31(25(15-42)32(23)35(30)47-4)24(14-41)29(33(22)27(16-43)45-2)20-9-10-21(13-40)26(11-20)36(37,38)39/h5-12H,1H3/b33-27+,34-28-. The van der Waals surface area contributed by atoms with Crippen LogP contribution in [0.5, 0.6) is 0 Å². The number of aryl methyl sites for hydroxylation is 1. The molecule has 0 unspecified atom stereocenters. The SMILES string of the molecule is [C-]#[N+]C1=C(c2ccc(C)cc2)/C(=C(/C#N)[N+]#[C-])c2cc3c(c(C#N)c21)C(C#N)=C(c1ccc(C#N)c(C(F)(F)F)c1)/C3=C(\C#N)[N+]#[C-]. The second kappa shape index (κ2) is 11.4. The number of hydrogen-bond acceptors (Lipinski definition) is 5. The number of nitrogens with zero attached hydrogens (tertiary/aromatic N) is 8. The molecule has 0 heterocycles. The molecule has 0 aliphatic heterocycles. The molecule has 0 atom stereocenters. The molecular formula is C36H11F3N8. The van der Waals surface area contributed by atoms with Crippen LogP contribution >= 0.6 is 0 Å². The fourth-order valence-electron chi connectivity index (χ4n) is 5.77. The zero-order valence-corrected chi connectivity index (χ0v) is 23.8. The Morgan fingerprint density at radius 1 is 0.702 bits per heavy atom. The van der Waals surface area contributed by atoms with E-state index < -0.39 is 28.7 Å². The molecule has 0 N–H and O–H groups in total. The van der Waals surface area contributed by atoms with Gasteiger partial charge in [0.1, 0.15) is 6.07 Å². The number of nitriles is 5. The number of rotatable bonds is 2. The third-order valence-electron chi connectivity index (χ3n) is 7.66. The van der Waals surface area contributed by atoms with E-state index in [-0.39, 0.29) is 66.9 Å². The Bertz CT molecular complexity index is 2440. The van der Waals surface area contributed by atoms with Crippen molar-refractivity contribution in [1.29, 1.82) is 26.3 Å². The van der Waals surface area contributed by atoms with Crippen LogP contribution in [0.4, 0.5) is 13.2 Å². The quantitative estimate of drug-likeness (QED) is 0.212. The monoisotopic (exact) mass is 612 g/mol. The number of fused-ring (bicyclic) bond motifs is 2. The highest BCUT2D eigenvalue weighted by molar-refractivity contribution is 6.30. The van der Waals surface area contributed by atoms with Gasteiger partial charge >= 0.3 is 6.18 Å². The lowest BCUT2D eigenvalue weighted by atomic mass is 9.88. The van der Waals surface area contributed by atoms with Crippen molar-refractivity contribution < 1.29 is 13.2 Å². The van der Waals surface area contributed by atoms with E-state index in [2.05, 4.69) is 14.5 Å². The van der Waals surface area contributed by atoms with Crippen LogP contribution in [-0.2, 0) is 6.18 Å². The van der Waals surface area contributed by atoms with Gasteiger partial charge in [-0.2, -0.15) is 29.0 Å². The number of allylic oxidation sites excluding steroid dienone is 7. The minimum Gasteiger partial charge on any atom is -0.237 e. The second-order valence-corrected chi connectivity index (χ2v) is 10.0. The molecule has 3 aromatic rings. The van der Waals surface area contributed by atoms with E-state index in [9.17, 15) is 39.5 Å². The molecule has 8 nitrogen and oxygen atoms in total. The van der Waals surface area contributed by atoms with E-state index in [1.54, 1.807) is 30.3 Å². The fraction of sp³-hybridized carbons (Fsp3) is 0.0556. The van der Waals surface area contributed by atoms with Crippen molar-refractivity contribution in [3.63, 3.8) is 0 Å². The van der Waals surface area contributed by atoms with Gasteiger partial charge in [0.05, 0.1) is 66.3 Å². The van der Waals surface area contributed by atoms with Gasteiger partial charge in [0.15, 0.2) is 0 Å². The Morgan fingerprint density at radius 3 is 1.77 bits per heavy atom. The third-order valence-corrected chi connectivity index (χ3v) is 7.66. The first kappa shape index (κ1) is 30.8. The number of benzene rings is 3. The highest BCUT2D eigenvalue weighted by Gasteiger charge is 2.41. The first-order valence-corrected chi connectivity index (χ1v) is 13.2. The number of hydrogen-bond donors (Lipinski definition) is 0. The van der Waals surface area contributed by atoms with Crippen LogP contribution < -0.4 is 0 Å². The number of alkyl halides is 3. The van der Waals surface area contributed by atoms with Crippen LogP contribution in [0.2, 0.25) is 0 Å².